The van der Waals surface area contributed by atoms with Crippen molar-refractivity contribution in [1.29, 1.82) is 0 Å². The number of carboxylic acid groups (broad SMARTS) is 1. The molecule has 1 N–H and O–H groups in total. The quantitative estimate of drug-likeness (QED) is 0.758. The predicted molar refractivity (Wildman–Crippen MR) is 95.3 cm³/mol. The van der Waals surface area contributed by atoms with Crippen LogP contribution < -0.4 is 0 Å². The van der Waals surface area contributed by atoms with Crippen molar-refractivity contribution in [3.63, 3.8) is 0 Å². The zero-order chi connectivity index (χ0) is 16.8. The van der Waals surface area contributed by atoms with Crippen LogP contribution >= 0.6 is 0 Å². The molecule has 2 nitrogen and oxygen atoms in total. The van der Waals surface area contributed by atoms with Gasteiger partial charge in [0.1, 0.15) is 0 Å². The van der Waals surface area contributed by atoms with Crippen molar-refractivity contribution >= 4 is 5.97 Å². The molecule has 0 saturated carbocycles. The molecule has 2 heteroatoms. The molecule has 0 radical (unpaired) electrons. The molecule has 2 aromatic rings. The van der Waals surface area contributed by atoms with Crippen LogP contribution in [-0.4, -0.2) is 11.1 Å². The van der Waals surface area contributed by atoms with Crippen LogP contribution in [0.4, 0.5) is 0 Å². The number of carboxylic acids is 1. The summed E-state index contributed by atoms with van der Waals surface area (Å²) in [5.41, 5.74) is 5.37. The molecular weight excluding hydrogens is 284 g/mol. The average Bonchev–Trinajstić information content (AvgIpc) is 2.58. The lowest BCUT2D eigenvalue weighted by molar-refractivity contribution is 0.0695. The SMILES string of the molecule is CCc1c(CCc2ccccc2C(C)CC)cccc1C(=O)O. The van der Waals surface area contributed by atoms with Crippen LogP contribution in [0.5, 0.6) is 0 Å². The van der Waals surface area contributed by atoms with Crippen molar-refractivity contribution in [1.82, 2.24) is 0 Å². The highest BCUT2D eigenvalue weighted by atomic mass is 16.4. The third kappa shape index (κ3) is 4.01. The molecule has 0 aliphatic carbocycles. The summed E-state index contributed by atoms with van der Waals surface area (Å²) in [6.07, 6.45) is 3.73. The van der Waals surface area contributed by atoms with Crippen LogP contribution in [0, 0.1) is 0 Å². The Morgan fingerprint density at radius 1 is 1.00 bits per heavy atom. The van der Waals surface area contributed by atoms with Gasteiger partial charge in [0.15, 0.2) is 0 Å². The monoisotopic (exact) mass is 310 g/mol. The first-order valence-corrected chi connectivity index (χ1v) is 8.50. The largest absolute Gasteiger partial charge is 0.478 e. The summed E-state index contributed by atoms with van der Waals surface area (Å²) >= 11 is 0. The topological polar surface area (TPSA) is 37.3 Å². The third-order valence-corrected chi connectivity index (χ3v) is 4.72. The maximum atomic E-state index is 11.4. The minimum Gasteiger partial charge on any atom is -0.478 e. The molecule has 0 aliphatic heterocycles. The summed E-state index contributed by atoms with van der Waals surface area (Å²) in [7, 11) is 0. The molecule has 2 aromatic carbocycles. The zero-order valence-corrected chi connectivity index (χ0v) is 14.3. The van der Waals surface area contributed by atoms with Crippen LogP contribution in [0.1, 0.15) is 65.7 Å². The van der Waals surface area contributed by atoms with Crippen LogP contribution in [-0.2, 0) is 19.3 Å². The highest BCUT2D eigenvalue weighted by molar-refractivity contribution is 5.89. The van der Waals surface area contributed by atoms with Crippen LogP contribution in [0.2, 0.25) is 0 Å². The van der Waals surface area contributed by atoms with Gasteiger partial charge >= 0.3 is 5.97 Å². The normalized spacial score (nSPS) is 12.1. The lowest BCUT2D eigenvalue weighted by Crippen LogP contribution is -2.07. The van der Waals surface area contributed by atoms with Gasteiger partial charge in [0.05, 0.1) is 5.56 Å². The van der Waals surface area contributed by atoms with Crippen LogP contribution in [0.3, 0.4) is 0 Å². The molecule has 0 bridgehead atoms. The van der Waals surface area contributed by atoms with Gasteiger partial charge < -0.3 is 5.11 Å². The summed E-state index contributed by atoms with van der Waals surface area (Å²) in [4.78, 5) is 11.4. The molecule has 0 heterocycles. The minimum absolute atomic E-state index is 0.445. The Morgan fingerprint density at radius 2 is 1.65 bits per heavy atom. The molecule has 0 aromatic heterocycles. The first-order chi connectivity index (χ1) is 11.1. The molecular formula is C21H26O2. The van der Waals surface area contributed by atoms with Crippen molar-refractivity contribution < 1.29 is 9.90 Å². The molecule has 0 aliphatic rings. The Bertz CT molecular complexity index is 673. The van der Waals surface area contributed by atoms with Gasteiger partial charge in [-0.2, -0.15) is 0 Å². The van der Waals surface area contributed by atoms with Gasteiger partial charge in [-0.3, -0.25) is 0 Å². The number of benzene rings is 2. The van der Waals surface area contributed by atoms with Gasteiger partial charge in [0.2, 0.25) is 0 Å². The minimum atomic E-state index is -0.830. The van der Waals surface area contributed by atoms with Gasteiger partial charge in [-0.15, -0.1) is 0 Å². The van der Waals surface area contributed by atoms with Crippen LogP contribution in [0.25, 0.3) is 0 Å². The summed E-state index contributed by atoms with van der Waals surface area (Å²) in [6.45, 7) is 6.51. The van der Waals surface area contributed by atoms with E-state index in [2.05, 4.69) is 44.2 Å². The van der Waals surface area contributed by atoms with Crippen molar-refractivity contribution in [2.75, 3.05) is 0 Å². The predicted octanol–water partition coefficient (Wildman–Crippen LogP) is 5.25. The van der Waals surface area contributed by atoms with E-state index in [9.17, 15) is 9.90 Å². The number of aromatic carboxylic acids is 1. The number of aryl methyl sites for hydroxylation is 2. The molecule has 0 saturated heterocycles. The standard InChI is InChI=1S/C21H26O2/c1-4-15(3)19-11-7-6-9-17(19)14-13-16-10-8-12-20(21(22)23)18(16)5-2/h6-12,15H,4-5,13-14H2,1-3H3,(H,22,23). The molecule has 0 spiro atoms. The lowest BCUT2D eigenvalue weighted by atomic mass is 9.89. The number of rotatable bonds is 7. The molecule has 1 unspecified atom stereocenters. The van der Waals surface area contributed by atoms with E-state index in [-0.39, 0.29) is 0 Å². The van der Waals surface area contributed by atoms with Crippen molar-refractivity contribution in [3.05, 3.63) is 70.3 Å². The maximum absolute atomic E-state index is 11.4. The second kappa shape index (κ2) is 7.96. The Hall–Kier alpha value is -2.09. The van der Waals surface area contributed by atoms with Crippen LogP contribution in [0.15, 0.2) is 42.5 Å². The average molecular weight is 310 g/mol. The van der Waals surface area contributed by atoms with Gasteiger partial charge in [-0.25, -0.2) is 4.79 Å². The first kappa shape index (κ1) is 17.3. The smallest absolute Gasteiger partial charge is 0.335 e. The maximum Gasteiger partial charge on any atom is 0.335 e. The number of hydrogen-bond acceptors (Lipinski definition) is 1. The molecule has 23 heavy (non-hydrogen) atoms. The summed E-state index contributed by atoms with van der Waals surface area (Å²) in [5, 5.41) is 9.36. The van der Waals surface area contributed by atoms with Crippen molar-refractivity contribution in [2.45, 2.75) is 52.4 Å². The number of hydrogen-bond donors (Lipinski definition) is 1. The fraction of sp³-hybridized carbons (Fsp3) is 0.381. The van der Waals surface area contributed by atoms with Gasteiger partial charge in [-0.1, -0.05) is 57.2 Å². The van der Waals surface area contributed by atoms with Gasteiger partial charge in [-0.05, 0) is 59.9 Å². The third-order valence-electron chi connectivity index (χ3n) is 4.72. The zero-order valence-electron chi connectivity index (χ0n) is 14.3. The molecule has 0 amide bonds. The molecule has 0 fully saturated rings. The van der Waals surface area contributed by atoms with E-state index in [0.717, 1.165) is 36.8 Å². The summed E-state index contributed by atoms with van der Waals surface area (Å²) < 4.78 is 0. The van der Waals surface area contributed by atoms with E-state index in [0.29, 0.717) is 11.5 Å². The van der Waals surface area contributed by atoms with E-state index >= 15 is 0 Å². The van der Waals surface area contributed by atoms with E-state index < -0.39 is 5.97 Å². The Labute approximate surface area is 139 Å². The molecule has 1 atom stereocenters. The molecule has 2 rings (SSSR count). The second-order valence-corrected chi connectivity index (χ2v) is 6.11. The van der Waals surface area contributed by atoms with Crippen molar-refractivity contribution in [2.24, 2.45) is 0 Å². The Morgan fingerprint density at radius 3 is 2.30 bits per heavy atom. The Kier molecular flexibility index (Phi) is 5.97. The van der Waals surface area contributed by atoms with E-state index in [1.807, 2.05) is 13.0 Å². The van der Waals surface area contributed by atoms with Crippen molar-refractivity contribution in [3.8, 4) is 0 Å². The Balaban J connectivity index is 2.25. The molecule has 122 valence electrons. The summed E-state index contributed by atoms with van der Waals surface area (Å²) in [5.74, 6) is -0.272. The number of carbonyl (C=O) groups is 1. The van der Waals surface area contributed by atoms with Gasteiger partial charge in [0, 0.05) is 0 Å². The van der Waals surface area contributed by atoms with E-state index in [1.165, 1.54) is 11.1 Å². The summed E-state index contributed by atoms with van der Waals surface area (Å²) in [6, 6.07) is 14.3. The fourth-order valence-electron chi connectivity index (χ4n) is 3.22. The first-order valence-electron chi connectivity index (χ1n) is 8.50. The lowest BCUT2D eigenvalue weighted by Gasteiger charge is -2.16. The van der Waals surface area contributed by atoms with E-state index in [4.69, 9.17) is 0 Å². The fourth-order valence-corrected chi connectivity index (χ4v) is 3.22. The highest BCUT2D eigenvalue weighted by Crippen LogP contribution is 2.25. The second-order valence-electron chi connectivity index (χ2n) is 6.11. The van der Waals surface area contributed by atoms with E-state index in [1.54, 1.807) is 6.07 Å². The highest BCUT2D eigenvalue weighted by Gasteiger charge is 2.13. The van der Waals surface area contributed by atoms with Gasteiger partial charge in [0.25, 0.3) is 0 Å².